The molecule has 0 spiro atoms. The number of rotatable bonds is 4. The van der Waals surface area contributed by atoms with Crippen LogP contribution in [0.4, 0.5) is 15.3 Å². The summed E-state index contributed by atoms with van der Waals surface area (Å²) < 4.78 is 0. The summed E-state index contributed by atoms with van der Waals surface area (Å²) in [6.45, 7) is 5.06. The first-order chi connectivity index (χ1) is 12.9. The number of carbonyl (C=O) groups is 3. The van der Waals surface area contributed by atoms with Crippen molar-refractivity contribution in [3.05, 3.63) is 28.8 Å². The number of benzene rings is 1. The van der Waals surface area contributed by atoms with Crippen LogP contribution in [0.1, 0.15) is 12.0 Å². The van der Waals surface area contributed by atoms with Gasteiger partial charge in [0.2, 0.25) is 5.91 Å². The van der Waals surface area contributed by atoms with Crippen LogP contribution >= 0.6 is 23.4 Å². The fraction of sp³-hybridized carbons (Fsp3) is 0.500. The maximum atomic E-state index is 12.4. The van der Waals surface area contributed by atoms with E-state index in [1.807, 2.05) is 19.1 Å². The maximum absolute atomic E-state index is 12.4. The molecule has 27 heavy (non-hydrogen) atoms. The number of hydrogen-bond donors (Lipinski definition) is 1. The zero-order valence-corrected chi connectivity index (χ0v) is 16.8. The van der Waals surface area contributed by atoms with Gasteiger partial charge in [0.25, 0.3) is 5.24 Å². The monoisotopic (exact) mass is 410 g/mol. The molecule has 2 aliphatic heterocycles. The molecule has 7 nitrogen and oxygen atoms in total. The van der Waals surface area contributed by atoms with Crippen LogP contribution in [0.3, 0.4) is 0 Å². The number of carbonyl (C=O) groups excluding carboxylic acids is 3. The first kappa shape index (κ1) is 19.8. The standard InChI is InChI=1S/C18H23ClN4O3S/c1-13-2-3-14(12-15(13)19)20-17(25)22-8-6-21(7-9-22)16(24)4-5-23-10-11-27-18(23)26/h2-3,12H,4-11H2,1H3,(H,20,25). The van der Waals surface area contributed by atoms with Gasteiger partial charge in [0, 0.05) is 62.2 Å². The quantitative estimate of drug-likeness (QED) is 0.828. The summed E-state index contributed by atoms with van der Waals surface area (Å²) in [6, 6.07) is 5.21. The smallest absolute Gasteiger partial charge is 0.321 e. The fourth-order valence-corrected chi connectivity index (χ4v) is 4.08. The van der Waals surface area contributed by atoms with Gasteiger partial charge in [-0.2, -0.15) is 0 Å². The average Bonchev–Trinajstić information content (AvgIpc) is 3.07. The minimum atomic E-state index is -0.193. The highest BCUT2D eigenvalue weighted by Crippen LogP contribution is 2.21. The lowest BCUT2D eigenvalue weighted by molar-refractivity contribution is -0.132. The van der Waals surface area contributed by atoms with Crippen molar-refractivity contribution in [1.82, 2.24) is 14.7 Å². The van der Waals surface area contributed by atoms with Crippen molar-refractivity contribution in [2.75, 3.05) is 50.3 Å². The molecule has 0 bridgehead atoms. The van der Waals surface area contributed by atoms with Gasteiger partial charge in [0.05, 0.1) is 0 Å². The molecule has 0 radical (unpaired) electrons. The Morgan fingerprint density at radius 1 is 1.15 bits per heavy atom. The summed E-state index contributed by atoms with van der Waals surface area (Å²) in [6.07, 6.45) is 0.334. The Morgan fingerprint density at radius 2 is 1.85 bits per heavy atom. The first-order valence-electron chi connectivity index (χ1n) is 8.95. The number of amides is 4. The second-order valence-corrected chi connectivity index (χ2v) is 8.07. The van der Waals surface area contributed by atoms with E-state index in [4.69, 9.17) is 11.6 Å². The SMILES string of the molecule is Cc1ccc(NC(=O)N2CCN(C(=O)CCN3CCSC3=O)CC2)cc1Cl. The largest absolute Gasteiger partial charge is 0.339 e. The zero-order chi connectivity index (χ0) is 19.4. The maximum Gasteiger partial charge on any atom is 0.321 e. The van der Waals surface area contributed by atoms with Crippen molar-refractivity contribution in [2.24, 2.45) is 0 Å². The minimum absolute atomic E-state index is 0.0325. The molecule has 0 unspecified atom stereocenters. The third kappa shape index (κ3) is 5.07. The van der Waals surface area contributed by atoms with Gasteiger partial charge >= 0.3 is 6.03 Å². The van der Waals surface area contributed by atoms with E-state index >= 15 is 0 Å². The molecule has 1 aromatic rings. The predicted molar refractivity (Wildman–Crippen MR) is 107 cm³/mol. The molecule has 1 aromatic carbocycles. The number of anilines is 1. The average molecular weight is 411 g/mol. The van der Waals surface area contributed by atoms with E-state index in [-0.39, 0.29) is 17.2 Å². The normalized spacial score (nSPS) is 17.4. The highest BCUT2D eigenvalue weighted by molar-refractivity contribution is 8.13. The zero-order valence-electron chi connectivity index (χ0n) is 15.2. The number of nitrogens with one attached hydrogen (secondary N) is 1. The van der Waals surface area contributed by atoms with E-state index in [9.17, 15) is 14.4 Å². The van der Waals surface area contributed by atoms with E-state index in [0.29, 0.717) is 56.4 Å². The molecule has 9 heteroatoms. The summed E-state index contributed by atoms with van der Waals surface area (Å²) in [4.78, 5) is 41.5. The van der Waals surface area contributed by atoms with Crippen molar-refractivity contribution in [3.63, 3.8) is 0 Å². The topological polar surface area (TPSA) is 73.0 Å². The number of urea groups is 1. The Balaban J connectivity index is 1.43. The third-order valence-electron chi connectivity index (χ3n) is 4.78. The summed E-state index contributed by atoms with van der Waals surface area (Å²) in [7, 11) is 0. The number of thioether (sulfide) groups is 1. The van der Waals surface area contributed by atoms with Crippen molar-refractivity contribution >= 4 is 46.2 Å². The van der Waals surface area contributed by atoms with Crippen molar-refractivity contribution in [3.8, 4) is 0 Å². The van der Waals surface area contributed by atoms with Crippen LogP contribution < -0.4 is 5.32 Å². The van der Waals surface area contributed by atoms with Crippen molar-refractivity contribution in [2.45, 2.75) is 13.3 Å². The van der Waals surface area contributed by atoms with E-state index in [0.717, 1.165) is 11.3 Å². The van der Waals surface area contributed by atoms with E-state index in [2.05, 4.69) is 5.32 Å². The van der Waals surface area contributed by atoms with Gasteiger partial charge in [0.15, 0.2) is 0 Å². The van der Waals surface area contributed by atoms with Crippen LogP contribution in [-0.4, -0.2) is 76.9 Å². The fourth-order valence-electron chi connectivity index (χ4n) is 3.05. The van der Waals surface area contributed by atoms with Gasteiger partial charge in [-0.05, 0) is 24.6 Å². The van der Waals surface area contributed by atoms with Crippen molar-refractivity contribution < 1.29 is 14.4 Å². The predicted octanol–water partition coefficient (Wildman–Crippen LogP) is 2.88. The van der Waals surface area contributed by atoms with Gasteiger partial charge in [-0.3, -0.25) is 9.59 Å². The lowest BCUT2D eigenvalue weighted by Crippen LogP contribution is -2.52. The van der Waals surface area contributed by atoms with Crippen LogP contribution in [0.15, 0.2) is 18.2 Å². The number of piperazine rings is 1. The van der Waals surface area contributed by atoms with Gasteiger partial charge in [-0.25, -0.2) is 4.79 Å². The molecule has 3 rings (SSSR count). The van der Waals surface area contributed by atoms with Crippen LogP contribution in [-0.2, 0) is 4.79 Å². The van der Waals surface area contributed by atoms with E-state index in [1.165, 1.54) is 11.8 Å². The minimum Gasteiger partial charge on any atom is -0.339 e. The second-order valence-electron chi connectivity index (χ2n) is 6.61. The Kier molecular flexibility index (Phi) is 6.49. The van der Waals surface area contributed by atoms with Crippen LogP contribution in [0.5, 0.6) is 0 Å². The van der Waals surface area contributed by atoms with E-state index < -0.39 is 0 Å². The third-order valence-corrected chi connectivity index (χ3v) is 6.08. The molecule has 0 aromatic heterocycles. The summed E-state index contributed by atoms with van der Waals surface area (Å²) >= 11 is 7.39. The lowest BCUT2D eigenvalue weighted by Gasteiger charge is -2.35. The number of hydrogen-bond acceptors (Lipinski definition) is 4. The molecule has 1 N–H and O–H groups in total. The van der Waals surface area contributed by atoms with Crippen LogP contribution in [0, 0.1) is 6.92 Å². The number of aryl methyl sites for hydroxylation is 1. The summed E-state index contributed by atoms with van der Waals surface area (Å²) in [5.41, 5.74) is 1.61. The van der Waals surface area contributed by atoms with Gasteiger partial charge in [-0.15, -0.1) is 0 Å². The molecule has 2 aliphatic rings. The molecule has 4 amide bonds. The molecule has 0 aliphatic carbocycles. The first-order valence-corrected chi connectivity index (χ1v) is 10.3. The lowest BCUT2D eigenvalue weighted by atomic mass is 10.2. The highest BCUT2D eigenvalue weighted by atomic mass is 35.5. The number of nitrogens with zero attached hydrogens (tertiary/aromatic N) is 3. The molecule has 2 fully saturated rings. The summed E-state index contributed by atoms with van der Waals surface area (Å²) in [5.74, 6) is 0.831. The Hall–Kier alpha value is -1.93. The molecule has 2 saturated heterocycles. The Labute approximate surface area is 168 Å². The molecular formula is C18H23ClN4O3S. The Bertz CT molecular complexity index is 737. The molecular weight excluding hydrogens is 388 g/mol. The molecule has 146 valence electrons. The Morgan fingerprint density at radius 3 is 2.48 bits per heavy atom. The molecule has 2 heterocycles. The van der Waals surface area contributed by atoms with Crippen LogP contribution in [0.25, 0.3) is 0 Å². The number of halogens is 1. The highest BCUT2D eigenvalue weighted by Gasteiger charge is 2.26. The van der Waals surface area contributed by atoms with Crippen molar-refractivity contribution in [1.29, 1.82) is 0 Å². The van der Waals surface area contributed by atoms with E-state index in [1.54, 1.807) is 20.8 Å². The summed E-state index contributed by atoms with van der Waals surface area (Å²) in [5, 5.41) is 3.51. The van der Waals surface area contributed by atoms with Gasteiger partial charge < -0.3 is 20.0 Å². The van der Waals surface area contributed by atoms with Gasteiger partial charge in [-0.1, -0.05) is 29.4 Å². The van der Waals surface area contributed by atoms with Crippen LogP contribution in [0.2, 0.25) is 5.02 Å². The molecule has 0 saturated carbocycles. The van der Waals surface area contributed by atoms with Gasteiger partial charge in [0.1, 0.15) is 0 Å². The molecule has 0 atom stereocenters. The second kappa shape index (κ2) is 8.84.